The summed E-state index contributed by atoms with van der Waals surface area (Å²) in [7, 11) is 0. The molecule has 0 radical (unpaired) electrons. The molecule has 0 aliphatic rings. The predicted molar refractivity (Wildman–Crippen MR) is 159 cm³/mol. The second-order valence-corrected chi connectivity index (χ2v) is 11.6. The summed E-state index contributed by atoms with van der Waals surface area (Å²) in [5.41, 5.74) is 3.10. The van der Waals surface area contributed by atoms with E-state index in [9.17, 15) is 0 Å². The molecule has 0 bridgehead atoms. The molecular weight excluding hydrogens is 436 g/mol. The molecular formula is C34H58N2. The quantitative estimate of drug-likeness (QED) is 0.149. The highest BCUT2D eigenvalue weighted by Crippen LogP contribution is 2.36. The molecule has 0 saturated carbocycles. The zero-order valence-corrected chi connectivity index (χ0v) is 24.4. The van der Waals surface area contributed by atoms with Gasteiger partial charge < -0.3 is 4.57 Å². The van der Waals surface area contributed by atoms with Gasteiger partial charge in [-0.05, 0) is 42.2 Å². The molecule has 0 N–H and O–H groups in total. The number of imidazole rings is 1. The summed E-state index contributed by atoms with van der Waals surface area (Å²) in [6.07, 6.45) is 31.1. The Balaban J connectivity index is 1.75. The van der Waals surface area contributed by atoms with Crippen LogP contribution in [0.15, 0.2) is 43.0 Å². The van der Waals surface area contributed by atoms with Gasteiger partial charge in [-0.3, -0.25) is 0 Å². The van der Waals surface area contributed by atoms with Crippen molar-refractivity contribution in [1.29, 1.82) is 0 Å². The number of unbranched alkanes of at least 4 members (excludes halogenated alkanes) is 13. The molecule has 0 amide bonds. The average Bonchev–Trinajstić information content (AvgIpc) is 3.41. The number of hydrogen-bond donors (Lipinski definition) is 0. The van der Waals surface area contributed by atoms with Crippen LogP contribution in [0.25, 0.3) is 0 Å². The molecule has 1 unspecified atom stereocenters. The van der Waals surface area contributed by atoms with Crippen molar-refractivity contribution in [2.75, 3.05) is 0 Å². The van der Waals surface area contributed by atoms with Crippen molar-refractivity contribution in [3.05, 3.63) is 54.1 Å². The summed E-state index contributed by atoms with van der Waals surface area (Å²) in [4.78, 5) is 4.33. The van der Waals surface area contributed by atoms with Gasteiger partial charge in [0.1, 0.15) is 0 Å². The van der Waals surface area contributed by atoms with Crippen LogP contribution in [-0.4, -0.2) is 9.55 Å². The summed E-state index contributed by atoms with van der Waals surface area (Å²) >= 11 is 0. The topological polar surface area (TPSA) is 17.8 Å². The molecule has 36 heavy (non-hydrogen) atoms. The van der Waals surface area contributed by atoms with Crippen molar-refractivity contribution in [3.8, 4) is 0 Å². The molecule has 2 nitrogen and oxygen atoms in total. The second-order valence-electron chi connectivity index (χ2n) is 11.6. The molecule has 2 rings (SSSR count). The van der Waals surface area contributed by atoms with E-state index in [0.29, 0.717) is 12.0 Å². The third-order valence-corrected chi connectivity index (χ3v) is 8.06. The summed E-state index contributed by atoms with van der Waals surface area (Å²) in [6.45, 7) is 9.35. The lowest BCUT2D eigenvalue weighted by atomic mass is 9.82. The molecule has 0 aliphatic carbocycles. The lowest BCUT2D eigenvalue weighted by Gasteiger charge is -2.26. The number of rotatable bonds is 22. The normalized spacial score (nSPS) is 13.4. The fourth-order valence-corrected chi connectivity index (χ4v) is 5.81. The van der Waals surface area contributed by atoms with Crippen LogP contribution in [-0.2, 0) is 0 Å². The third-order valence-electron chi connectivity index (χ3n) is 8.06. The van der Waals surface area contributed by atoms with Gasteiger partial charge >= 0.3 is 0 Å². The maximum atomic E-state index is 4.33. The van der Waals surface area contributed by atoms with Gasteiger partial charge in [0.25, 0.3) is 0 Å². The molecule has 0 aliphatic heterocycles. The standard InChI is InChI=1S/C34H58N2/c1-5-7-8-9-10-11-12-13-14-15-16-17-18-19-22-31(26-25-30(3)4)32-23-20-21-24-33(32)34(6-2)36-28-27-35-29-36/h20-21,23-24,27-31,34H,5-19,22,25-26H2,1-4H3/t31-,34?/m0/s1. The molecule has 2 heteroatoms. The SMILES string of the molecule is CCCCCCCCCCCCCCCC[C@@H](CCC(C)C)c1ccccc1C(CC)n1ccnc1. The van der Waals surface area contributed by atoms with Crippen LogP contribution in [0, 0.1) is 5.92 Å². The minimum Gasteiger partial charge on any atom is -0.330 e. The molecule has 2 aromatic rings. The van der Waals surface area contributed by atoms with Crippen LogP contribution in [0.4, 0.5) is 0 Å². The van der Waals surface area contributed by atoms with E-state index < -0.39 is 0 Å². The summed E-state index contributed by atoms with van der Waals surface area (Å²) in [5, 5.41) is 0. The molecule has 204 valence electrons. The maximum Gasteiger partial charge on any atom is 0.0951 e. The smallest absolute Gasteiger partial charge is 0.0951 e. The van der Waals surface area contributed by atoms with E-state index in [1.165, 1.54) is 115 Å². The third kappa shape index (κ3) is 12.1. The molecule has 1 aromatic carbocycles. The number of benzene rings is 1. The highest BCUT2D eigenvalue weighted by molar-refractivity contribution is 5.33. The maximum absolute atomic E-state index is 4.33. The van der Waals surface area contributed by atoms with Gasteiger partial charge in [-0.25, -0.2) is 4.98 Å². The average molecular weight is 495 g/mol. The van der Waals surface area contributed by atoms with E-state index in [4.69, 9.17) is 0 Å². The van der Waals surface area contributed by atoms with Gasteiger partial charge in [0.2, 0.25) is 0 Å². The van der Waals surface area contributed by atoms with Crippen LogP contribution in [0.1, 0.15) is 166 Å². The minimum atomic E-state index is 0.390. The van der Waals surface area contributed by atoms with Crippen LogP contribution in [0.5, 0.6) is 0 Å². The second kappa shape index (κ2) is 19.5. The largest absolute Gasteiger partial charge is 0.330 e. The predicted octanol–water partition coefficient (Wildman–Crippen LogP) is 11.3. The minimum absolute atomic E-state index is 0.390. The van der Waals surface area contributed by atoms with E-state index in [1.54, 1.807) is 5.56 Å². The monoisotopic (exact) mass is 494 g/mol. The van der Waals surface area contributed by atoms with Crippen LogP contribution >= 0.6 is 0 Å². The van der Waals surface area contributed by atoms with Crippen molar-refractivity contribution in [2.45, 2.75) is 155 Å². The Morgan fingerprint density at radius 3 is 1.72 bits per heavy atom. The zero-order valence-electron chi connectivity index (χ0n) is 24.4. The number of hydrogen-bond acceptors (Lipinski definition) is 1. The Morgan fingerprint density at radius 2 is 1.22 bits per heavy atom. The van der Waals surface area contributed by atoms with Crippen molar-refractivity contribution >= 4 is 0 Å². The van der Waals surface area contributed by atoms with Crippen LogP contribution in [0.3, 0.4) is 0 Å². The van der Waals surface area contributed by atoms with Gasteiger partial charge in [-0.2, -0.15) is 0 Å². The van der Waals surface area contributed by atoms with Gasteiger partial charge in [-0.1, -0.05) is 148 Å². The van der Waals surface area contributed by atoms with E-state index in [1.807, 2.05) is 12.5 Å². The summed E-state index contributed by atoms with van der Waals surface area (Å²) in [6, 6.07) is 9.67. The van der Waals surface area contributed by atoms with Crippen molar-refractivity contribution in [3.63, 3.8) is 0 Å². The zero-order chi connectivity index (χ0) is 25.8. The number of aromatic nitrogens is 2. The molecule has 2 atom stereocenters. The Bertz CT molecular complexity index is 748. The van der Waals surface area contributed by atoms with Gasteiger partial charge in [0.15, 0.2) is 0 Å². The molecule has 0 fully saturated rings. The van der Waals surface area contributed by atoms with Crippen LogP contribution < -0.4 is 0 Å². The lowest BCUT2D eigenvalue weighted by Crippen LogP contribution is -2.13. The molecule has 1 heterocycles. The Morgan fingerprint density at radius 1 is 0.667 bits per heavy atom. The molecule has 0 spiro atoms. The highest BCUT2D eigenvalue weighted by Gasteiger charge is 2.21. The van der Waals surface area contributed by atoms with Crippen molar-refractivity contribution in [2.24, 2.45) is 5.92 Å². The van der Waals surface area contributed by atoms with E-state index in [-0.39, 0.29) is 0 Å². The first-order chi connectivity index (χ1) is 17.7. The summed E-state index contributed by atoms with van der Waals surface area (Å²) < 4.78 is 2.30. The van der Waals surface area contributed by atoms with E-state index in [2.05, 4.69) is 67.7 Å². The Labute approximate surface area is 224 Å². The first-order valence-electron chi connectivity index (χ1n) is 15.7. The highest BCUT2D eigenvalue weighted by atomic mass is 15.0. The van der Waals surface area contributed by atoms with Crippen LogP contribution in [0.2, 0.25) is 0 Å². The van der Waals surface area contributed by atoms with Crippen molar-refractivity contribution in [1.82, 2.24) is 9.55 Å². The van der Waals surface area contributed by atoms with Gasteiger partial charge in [0, 0.05) is 12.4 Å². The number of nitrogens with zero attached hydrogens (tertiary/aromatic N) is 2. The molecule has 1 aromatic heterocycles. The lowest BCUT2D eigenvalue weighted by molar-refractivity contribution is 0.452. The van der Waals surface area contributed by atoms with Gasteiger partial charge in [-0.15, -0.1) is 0 Å². The van der Waals surface area contributed by atoms with E-state index >= 15 is 0 Å². The van der Waals surface area contributed by atoms with E-state index in [0.717, 1.165) is 12.3 Å². The first kappa shape index (κ1) is 30.7. The summed E-state index contributed by atoms with van der Waals surface area (Å²) in [5.74, 6) is 1.45. The van der Waals surface area contributed by atoms with Gasteiger partial charge in [0.05, 0.1) is 12.4 Å². The van der Waals surface area contributed by atoms with Crippen molar-refractivity contribution < 1.29 is 0 Å². The molecule has 0 saturated heterocycles. The Kier molecular flexibility index (Phi) is 16.6. The fraction of sp³-hybridized carbons (Fsp3) is 0.735. The first-order valence-corrected chi connectivity index (χ1v) is 15.7. The fourth-order valence-electron chi connectivity index (χ4n) is 5.81. The Hall–Kier alpha value is -1.57.